The third kappa shape index (κ3) is 3.73. The third-order valence-corrected chi connectivity index (χ3v) is 4.75. The van der Waals surface area contributed by atoms with E-state index in [1.54, 1.807) is 43.3 Å². The first-order valence-electron chi connectivity index (χ1n) is 9.18. The molecule has 0 unspecified atom stereocenters. The van der Waals surface area contributed by atoms with E-state index in [1.807, 2.05) is 42.5 Å². The van der Waals surface area contributed by atoms with Crippen LogP contribution < -0.4 is 9.47 Å². The highest BCUT2D eigenvalue weighted by molar-refractivity contribution is 5.88. The molecular formula is C23H19N3O4. The molecule has 0 amide bonds. The van der Waals surface area contributed by atoms with Crippen molar-refractivity contribution in [2.45, 2.75) is 0 Å². The summed E-state index contributed by atoms with van der Waals surface area (Å²) >= 11 is 0. The Morgan fingerprint density at radius 1 is 0.933 bits per heavy atom. The number of hydrogen-bond acceptors (Lipinski definition) is 5. The largest absolute Gasteiger partial charge is 0.497 e. The molecule has 0 fully saturated rings. The van der Waals surface area contributed by atoms with Crippen LogP contribution in [0.1, 0.15) is 10.4 Å². The first kappa shape index (κ1) is 19.2. The predicted molar refractivity (Wildman–Crippen MR) is 112 cm³/mol. The second-order valence-corrected chi connectivity index (χ2v) is 6.55. The Hall–Kier alpha value is -4.13. The number of nitrogens with zero attached hydrogens (tertiary/aromatic N) is 3. The van der Waals surface area contributed by atoms with Crippen molar-refractivity contribution in [2.75, 3.05) is 14.2 Å². The number of benzene rings is 3. The first-order valence-corrected chi connectivity index (χ1v) is 9.18. The van der Waals surface area contributed by atoms with Gasteiger partial charge in [-0.05, 0) is 42.0 Å². The van der Waals surface area contributed by atoms with Crippen LogP contribution in [0.15, 0.2) is 72.9 Å². The Morgan fingerprint density at radius 2 is 1.70 bits per heavy atom. The van der Waals surface area contributed by atoms with Crippen molar-refractivity contribution in [2.24, 2.45) is 0 Å². The zero-order valence-corrected chi connectivity index (χ0v) is 16.4. The number of carbonyl (C=O) groups is 1. The molecule has 7 nitrogen and oxygen atoms in total. The Balaban J connectivity index is 1.63. The number of methoxy groups -OCH3 is 2. The molecule has 1 aromatic heterocycles. The summed E-state index contributed by atoms with van der Waals surface area (Å²) in [6.45, 7) is 0. The van der Waals surface area contributed by atoms with Gasteiger partial charge >= 0.3 is 5.97 Å². The van der Waals surface area contributed by atoms with Gasteiger partial charge in [-0.15, -0.1) is 5.10 Å². The van der Waals surface area contributed by atoms with Gasteiger partial charge in [0.1, 0.15) is 17.2 Å². The van der Waals surface area contributed by atoms with Crippen LogP contribution in [0, 0.1) is 0 Å². The van der Waals surface area contributed by atoms with Crippen molar-refractivity contribution in [1.29, 1.82) is 0 Å². The molecule has 4 rings (SSSR count). The van der Waals surface area contributed by atoms with E-state index in [-0.39, 0.29) is 5.56 Å². The van der Waals surface area contributed by atoms with Gasteiger partial charge in [0.25, 0.3) is 0 Å². The number of rotatable bonds is 6. The van der Waals surface area contributed by atoms with Crippen LogP contribution in [-0.4, -0.2) is 40.3 Å². The van der Waals surface area contributed by atoms with E-state index in [9.17, 15) is 4.79 Å². The van der Waals surface area contributed by atoms with Crippen molar-refractivity contribution in [3.05, 3.63) is 78.5 Å². The van der Waals surface area contributed by atoms with Crippen molar-refractivity contribution in [3.8, 4) is 39.6 Å². The van der Waals surface area contributed by atoms with Gasteiger partial charge in [0.05, 0.1) is 31.7 Å². The molecular weight excluding hydrogens is 382 g/mol. The maximum absolute atomic E-state index is 11.2. The summed E-state index contributed by atoms with van der Waals surface area (Å²) < 4.78 is 12.3. The predicted octanol–water partition coefficient (Wildman–Crippen LogP) is 4.32. The molecule has 0 saturated heterocycles. The molecule has 4 aromatic rings. The van der Waals surface area contributed by atoms with Gasteiger partial charge < -0.3 is 14.6 Å². The Morgan fingerprint density at radius 3 is 2.40 bits per heavy atom. The summed E-state index contributed by atoms with van der Waals surface area (Å²) in [6, 6.07) is 20.1. The molecule has 0 aliphatic carbocycles. The lowest BCUT2D eigenvalue weighted by Crippen LogP contribution is -2.00. The highest BCUT2D eigenvalue weighted by Gasteiger charge is 2.11. The van der Waals surface area contributed by atoms with Crippen LogP contribution in [0.5, 0.6) is 11.5 Å². The molecule has 0 radical (unpaired) electrons. The van der Waals surface area contributed by atoms with E-state index in [1.165, 1.54) is 6.07 Å². The third-order valence-electron chi connectivity index (χ3n) is 4.75. The number of hydrogen-bond donors (Lipinski definition) is 1. The minimum Gasteiger partial charge on any atom is -0.497 e. The lowest BCUT2D eigenvalue weighted by atomic mass is 10.0. The van der Waals surface area contributed by atoms with E-state index in [0.29, 0.717) is 11.4 Å². The average molecular weight is 401 g/mol. The fourth-order valence-corrected chi connectivity index (χ4v) is 3.16. The van der Waals surface area contributed by atoms with Crippen LogP contribution in [0.4, 0.5) is 0 Å². The molecule has 1 heterocycles. The molecule has 30 heavy (non-hydrogen) atoms. The smallest absolute Gasteiger partial charge is 0.335 e. The Bertz CT molecular complexity index is 1200. The quantitative estimate of drug-likeness (QED) is 0.518. The fourth-order valence-electron chi connectivity index (χ4n) is 3.16. The Kier molecular flexibility index (Phi) is 5.17. The lowest BCUT2D eigenvalue weighted by molar-refractivity contribution is 0.0697. The molecule has 0 spiro atoms. The minimum atomic E-state index is -0.985. The van der Waals surface area contributed by atoms with Crippen molar-refractivity contribution in [1.82, 2.24) is 15.0 Å². The van der Waals surface area contributed by atoms with Gasteiger partial charge in [-0.25, -0.2) is 9.48 Å². The maximum atomic E-state index is 11.2. The first-order chi connectivity index (χ1) is 14.6. The van der Waals surface area contributed by atoms with E-state index in [4.69, 9.17) is 14.6 Å². The summed E-state index contributed by atoms with van der Waals surface area (Å²) in [4.78, 5) is 11.2. The van der Waals surface area contributed by atoms with Gasteiger partial charge in [0.15, 0.2) is 0 Å². The Labute approximate surface area is 173 Å². The van der Waals surface area contributed by atoms with Gasteiger partial charge in [-0.2, -0.15) is 0 Å². The molecule has 7 heteroatoms. The summed E-state index contributed by atoms with van der Waals surface area (Å²) in [5.41, 5.74) is 4.31. The standard InChI is InChI=1S/C23H19N3O4/c1-29-19-10-11-22(30-2)20(13-19)15-6-8-16(9-7-15)21-14-26(25-24-21)18-5-3-4-17(12-18)23(27)28/h3-14H,1-2H3,(H,27,28). The van der Waals surface area contributed by atoms with Gasteiger partial charge in [-0.1, -0.05) is 35.5 Å². The van der Waals surface area contributed by atoms with Crippen LogP contribution in [0.25, 0.3) is 28.1 Å². The molecule has 0 saturated carbocycles. The topological polar surface area (TPSA) is 86.5 Å². The second-order valence-electron chi connectivity index (χ2n) is 6.55. The normalized spacial score (nSPS) is 10.6. The molecule has 0 aliphatic rings. The molecule has 0 atom stereocenters. The van der Waals surface area contributed by atoms with Crippen molar-refractivity contribution >= 4 is 5.97 Å². The van der Waals surface area contributed by atoms with E-state index in [2.05, 4.69) is 10.3 Å². The highest BCUT2D eigenvalue weighted by Crippen LogP contribution is 2.34. The number of aromatic carboxylic acids is 1. The van der Waals surface area contributed by atoms with Crippen LogP contribution in [0.2, 0.25) is 0 Å². The van der Waals surface area contributed by atoms with Crippen molar-refractivity contribution in [3.63, 3.8) is 0 Å². The molecule has 0 aliphatic heterocycles. The fraction of sp³-hybridized carbons (Fsp3) is 0.0870. The van der Waals surface area contributed by atoms with E-state index in [0.717, 1.165) is 28.2 Å². The average Bonchev–Trinajstić information content (AvgIpc) is 3.29. The molecule has 1 N–H and O–H groups in total. The van der Waals surface area contributed by atoms with E-state index < -0.39 is 5.97 Å². The van der Waals surface area contributed by atoms with Gasteiger partial charge in [0, 0.05) is 11.1 Å². The lowest BCUT2D eigenvalue weighted by Gasteiger charge is -2.11. The molecule has 150 valence electrons. The number of carboxylic acids is 1. The number of aromatic nitrogens is 3. The molecule has 0 bridgehead atoms. The second kappa shape index (κ2) is 8.08. The maximum Gasteiger partial charge on any atom is 0.335 e. The monoisotopic (exact) mass is 401 g/mol. The summed E-state index contributed by atoms with van der Waals surface area (Å²) in [7, 11) is 3.27. The zero-order chi connectivity index (χ0) is 21.1. The summed E-state index contributed by atoms with van der Waals surface area (Å²) in [5, 5.41) is 17.5. The van der Waals surface area contributed by atoms with Crippen molar-refractivity contribution < 1.29 is 19.4 Å². The highest BCUT2D eigenvalue weighted by atomic mass is 16.5. The number of ether oxygens (including phenoxy) is 2. The summed E-state index contributed by atoms with van der Waals surface area (Å²) in [5.74, 6) is 0.523. The zero-order valence-electron chi connectivity index (χ0n) is 16.4. The van der Waals surface area contributed by atoms with Gasteiger partial charge in [0.2, 0.25) is 0 Å². The van der Waals surface area contributed by atoms with Crippen LogP contribution >= 0.6 is 0 Å². The van der Waals surface area contributed by atoms with Crippen LogP contribution in [0.3, 0.4) is 0 Å². The summed E-state index contributed by atoms with van der Waals surface area (Å²) in [6.07, 6.45) is 1.77. The van der Waals surface area contributed by atoms with E-state index >= 15 is 0 Å². The van der Waals surface area contributed by atoms with Gasteiger partial charge in [-0.3, -0.25) is 0 Å². The minimum absolute atomic E-state index is 0.195. The number of carboxylic acid groups (broad SMARTS) is 1. The van der Waals surface area contributed by atoms with Crippen LogP contribution in [-0.2, 0) is 0 Å². The molecule has 3 aromatic carbocycles. The SMILES string of the molecule is COc1ccc(OC)c(-c2ccc(-c3cn(-c4cccc(C(=O)O)c4)nn3)cc2)c1.